The van der Waals surface area contributed by atoms with Crippen molar-refractivity contribution in [2.75, 3.05) is 0 Å². The van der Waals surface area contributed by atoms with E-state index in [1.807, 2.05) is 0 Å². The Bertz CT molecular complexity index is 357. The minimum Gasteiger partial charge on any atom is -0.480 e. The second-order valence-electron chi connectivity index (χ2n) is 4.07. The number of nitrogens with zero attached hydrogens (tertiary/aromatic N) is 1. The van der Waals surface area contributed by atoms with Crippen LogP contribution < -0.4 is 5.73 Å². The molecule has 1 aliphatic rings. The van der Waals surface area contributed by atoms with Gasteiger partial charge in [0.15, 0.2) is 0 Å². The van der Waals surface area contributed by atoms with Crippen LogP contribution in [0.1, 0.15) is 36.7 Å². The maximum atomic E-state index is 10.6. The largest absolute Gasteiger partial charge is 0.480 e. The second kappa shape index (κ2) is 4.02. The molecular formula is C10H15N3O2. The predicted molar refractivity (Wildman–Crippen MR) is 54.5 cm³/mol. The Morgan fingerprint density at radius 1 is 1.73 bits per heavy atom. The lowest BCUT2D eigenvalue weighted by molar-refractivity contribution is -0.138. The van der Waals surface area contributed by atoms with Crippen LogP contribution in [0.3, 0.4) is 0 Å². The summed E-state index contributed by atoms with van der Waals surface area (Å²) in [5, 5.41) is 8.66. The Morgan fingerprint density at radius 2 is 2.47 bits per heavy atom. The third-order valence-electron chi connectivity index (χ3n) is 2.90. The first-order valence-electron chi connectivity index (χ1n) is 5.19. The number of aliphatic carboxylic acids is 1. The summed E-state index contributed by atoms with van der Waals surface area (Å²) in [5.74, 6) is 0.545. The highest BCUT2D eigenvalue weighted by Crippen LogP contribution is 2.34. The maximum Gasteiger partial charge on any atom is 0.320 e. The SMILES string of the molecule is NC(Cc1cnc(C2CCC2)[nH]1)C(=O)O. The van der Waals surface area contributed by atoms with E-state index in [1.54, 1.807) is 6.20 Å². The molecule has 0 saturated heterocycles. The molecule has 0 bridgehead atoms. The van der Waals surface area contributed by atoms with Gasteiger partial charge in [0.25, 0.3) is 0 Å². The number of hydrogen-bond donors (Lipinski definition) is 3. The first-order valence-corrected chi connectivity index (χ1v) is 5.19. The highest BCUT2D eigenvalue weighted by molar-refractivity contribution is 5.73. The number of nitrogens with two attached hydrogens (primary N) is 1. The van der Waals surface area contributed by atoms with Gasteiger partial charge >= 0.3 is 5.97 Å². The number of rotatable bonds is 4. The molecule has 1 aromatic heterocycles. The summed E-state index contributed by atoms with van der Waals surface area (Å²) in [6.45, 7) is 0. The van der Waals surface area contributed by atoms with Gasteiger partial charge in [0.05, 0.1) is 0 Å². The van der Waals surface area contributed by atoms with Crippen molar-refractivity contribution in [3.63, 3.8) is 0 Å². The van der Waals surface area contributed by atoms with Crippen LogP contribution in [-0.4, -0.2) is 27.1 Å². The summed E-state index contributed by atoms with van der Waals surface area (Å²) in [5.41, 5.74) is 6.24. The molecule has 5 nitrogen and oxygen atoms in total. The lowest BCUT2D eigenvalue weighted by Crippen LogP contribution is -2.32. The van der Waals surface area contributed by atoms with Gasteiger partial charge in [0.1, 0.15) is 11.9 Å². The number of carboxylic acids is 1. The summed E-state index contributed by atoms with van der Waals surface area (Å²) in [6.07, 6.45) is 5.62. The van der Waals surface area contributed by atoms with Crippen LogP contribution in [0.25, 0.3) is 0 Å². The van der Waals surface area contributed by atoms with E-state index in [0.717, 1.165) is 11.5 Å². The zero-order valence-corrected chi connectivity index (χ0v) is 8.44. The molecule has 1 fully saturated rings. The Kier molecular flexibility index (Phi) is 2.73. The van der Waals surface area contributed by atoms with Crippen LogP contribution in [0.5, 0.6) is 0 Å². The number of imidazole rings is 1. The van der Waals surface area contributed by atoms with Crippen molar-refractivity contribution in [3.05, 3.63) is 17.7 Å². The monoisotopic (exact) mass is 209 g/mol. The van der Waals surface area contributed by atoms with E-state index in [-0.39, 0.29) is 0 Å². The van der Waals surface area contributed by atoms with Crippen LogP contribution in [0, 0.1) is 0 Å². The van der Waals surface area contributed by atoms with Gasteiger partial charge in [-0.2, -0.15) is 0 Å². The molecule has 1 atom stereocenters. The Morgan fingerprint density at radius 3 is 3.00 bits per heavy atom. The maximum absolute atomic E-state index is 10.6. The molecule has 0 aromatic carbocycles. The molecule has 5 heteroatoms. The molecule has 1 aromatic rings. The van der Waals surface area contributed by atoms with Crippen molar-refractivity contribution in [2.24, 2.45) is 5.73 Å². The van der Waals surface area contributed by atoms with Gasteiger partial charge in [-0.05, 0) is 12.8 Å². The summed E-state index contributed by atoms with van der Waals surface area (Å²) in [4.78, 5) is 17.9. The summed E-state index contributed by atoms with van der Waals surface area (Å²) in [6, 6.07) is -0.848. The minimum atomic E-state index is -0.977. The molecule has 0 spiro atoms. The van der Waals surface area contributed by atoms with Gasteiger partial charge in [0.2, 0.25) is 0 Å². The number of carbonyl (C=O) groups is 1. The minimum absolute atomic E-state index is 0.315. The number of aromatic nitrogens is 2. The van der Waals surface area contributed by atoms with E-state index in [4.69, 9.17) is 10.8 Å². The van der Waals surface area contributed by atoms with E-state index >= 15 is 0 Å². The van der Waals surface area contributed by atoms with Crippen molar-refractivity contribution in [1.82, 2.24) is 9.97 Å². The van der Waals surface area contributed by atoms with E-state index in [9.17, 15) is 4.79 Å². The standard InChI is InChI=1S/C10H15N3O2/c11-8(10(14)15)4-7-5-12-9(13-7)6-2-1-3-6/h5-6,8H,1-4,11H2,(H,12,13)(H,14,15). The van der Waals surface area contributed by atoms with Crippen molar-refractivity contribution >= 4 is 5.97 Å². The van der Waals surface area contributed by atoms with Crippen LogP contribution >= 0.6 is 0 Å². The quantitative estimate of drug-likeness (QED) is 0.678. The molecule has 1 saturated carbocycles. The number of H-pyrrole nitrogens is 1. The van der Waals surface area contributed by atoms with E-state index < -0.39 is 12.0 Å². The van der Waals surface area contributed by atoms with E-state index in [1.165, 1.54) is 19.3 Å². The predicted octanol–water partition coefficient (Wildman–Crippen LogP) is 0.632. The first-order chi connectivity index (χ1) is 7.16. The van der Waals surface area contributed by atoms with Gasteiger partial charge in [-0.25, -0.2) is 4.98 Å². The number of aromatic amines is 1. The van der Waals surface area contributed by atoms with Crippen LogP contribution in [0.2, 0.25) is 0 Å². The van der Waals surface area contributed by atoms with Crippen molar-refractivity contribution < 1.29 is 9.90 Å². The molecule has 1 heterocycles. The Labute approximate surface area is 87.7 Å². The highest BCUT2D eigenvalue weighted by Gasteiger charge is 2.22. The van der Waals surface area contributed by atoms with Crippen molar-refractivity contribution in [1.29, 1.82) is 0 Å². The molecule has 0 amide bonds. The van der Waals surface area contributed by atoms with Crippen molar-refractivity contribution in [2.45, 2.75) is 37.6 Å². The molecule has 4 N–H and O–H groups in total. The highest BCUT2D eigenvalue weighted by atomic mass is 16.4. The topological polar surface area (TPSA) is 92.0 Å². The third kappa shape index (κ3) is 2.18. The zero-order chi connectivity index (χ0) is 10.8. The lowest BCUT2D eigenvalue weighted by atomic mass is 9.85. The molecule has 82 valence electrons. The number of hydrogen-bond acceptors (Lipinski definition) is 3. The van der Waals surface area contributed by atoms with Crippen LogP contribution in [0.4, 0.5) is 0 Å². The summed E-state index contributed by atoms with van der Waals surface area (Å²) in [7, 11) is 0. The molecular weight excluding hydrogens is 194 g/mol. The van der Waals surface area contributed by atoms with Gasteiger partial charge in [-0.3, -0.25) is 4.79 Å². The molecule has 0 aliphatic heterocycles. The Hall–Kier alpha value is -1.36. The normalized spacial score (nSPS) is 18.5. The number of carboxylic acid groups (broad SMARTS) is 1. The molecule has 15 heavy (non-hydrogen) atoms. The summed E-state index contributed by atoms with van der Waals surface area (Å²) >= 11 is 0. The van der Waals surface area contributed by atoms with Gasteiger partial charge < -0.3 is 15.8 Å². The fraction of sp³-hybridized carbons (Fsp3) is 0.600. The first kappa shape index (κ1) is 10.2. The molecule has 0 radical (unpaired) electrons. The fourth-order valence-electron chi connectivity index (χ4n) is 1.69. The van der Waals surface area contributed by atoms with Crippen LogP contribution in [-0.2, 0) is 11.2 Å². The fourth-order valence-corrected chi connectivity index (χ4v) is 1.69. The average Bonchev–Trinajstić information content (AvgIpc) is 2.49. The average molecular weight is 209 g/mol. The molecule has 2 rings (SSSR count). The van der Waals surface area contributed by atoms with Gasteiger partial charge in [0, 0.05) is 24.2 Å². The lowest BCUT2D eigenvalue weighted by Gasteiger charge is -2.22. The molecule has 1 aliphatic carbocycles. The van der Waals surface area contributed by atoms with Gasteiger partial charge in [-0.15, -0.1) is 0 Å². The smallest absolute Gasteiger partial charge is 0.320 e. The second-order valence-corrected chi connectivity index (χ2v) is 4.07. The third-order valence-corrected chi connectivity index (χ3v) is 2.90. The van der Waals surface area contributed by atoms with Crippen LogP contribution in [0.15, 0.2) is 6.20 Å². The van der Waals surface area contributed by atoms with E-state index in [2.05, 4.69) is 9.97 Å². The summed E-state index contributed by atoms with van der Waals surface area (Å²) < 4.78 is 0. The Balaban J connectivity index is 1.97. The van der Waals surface area contributed by atoms with E-state index in [0.29, 0.717) is 12.3 Å². The molecule has 1 unspecified atom stereocenters. The van der Waals surface area contributed by atoms with Crippen molar-refractivity contribution in [3.8, 4) is 0 Å². The zero-order valence-electron chi connectivity index (χ0n) is 8.44. The van der Waals surface area contributed by atoms with Gasteiger partial charge in [-0.1, -0.05) is 6.42 Å². The number of nitrogens with one attached hydrogen (secondary N) is 1.